The first-order chi connectivity index (χ1) is 9.03. The molecule has 0 aliphatic heterocycles. The van der Waals surface area contributed by atoms with Crippen molar-refractivity contribution in [2.24, 2.45) is 0 Å². The normalized spacial score (nSPS) is 10.7. The molecule has 7 nitrogen and oxygen atoms in total. The molecule has 19 heavy (non-hydrogen) atoms. The summed E-state index contributed by atoms with van der Waals surface area (Å²) in [5.41, 5.74) is 0.122. The van der Waals surface area contributed by atoms with Gasteiger partial charge in [-0.25, -0.2) is 23.4 Å². The molecule has 0 atom stereocenters. The van der Waals surface area contributed by atoms with Crippen molar-refractivity contribution in [1.29, 1.82) is 5.26 Å². The summed E-state index contributed by atoms with van der Waals surface area (Å²) in [6.07, 6.45) is 3.72. The minimum Gasteiger partial charge on any atom is -0.261 e. The average Bonchev–Trinajstić information content (AvgIpc) is 2.41. The maximum absolute atomic E-state index is 12.0. The largest absolute Gasteiger partial charge is 0.264 e. The fraction of sp³-hybridized carbons (Fsp3) is 0. The number of anilines is 1. The minimum absolute atomic E-state index is 0.0623. The Kier molecular flexibility index (Phi) is 3.59. The molecule has 0 fully saturated rings. The van der Waals surface area contributed by atoms with Crippen LogP contribution in [0.25, 0.3) is 0 Å². The van der Waals surface area contributed by atoms with Crippen LogP contribution in [0.5, 0.6) is 0 Å². The number of aromatic nitrogens is 3. The molecule has 9 heteroatoms. The number of nitrogens with zero attached hydrogens (tertiary/aromatic N) is 4. The molecule has 96 valence electrons. The fourth-order valence-electron chi connectivity index (χ4n) is 1.18. The van der Waals surface area contributed by atoms with E-state index in [1.807, 2.05) is 0 Å². The predicted octanol–water partition coefficient (Wildman–Crippen LogP) is 1.20. The lowest BCUT2D eigenvalue weighted by atomic mass is 10.4. The molecule has 0 aliphatic carbocycles. The monoisotopic (exact) mass is 295 g/mol. The first kappa shape index (κ1) is 13.2. The zero-order chi connectivity index (χ0) is 13.9. The Morgan fingerprint density at radius 1 is 1.21 bits per heavy atom. The van der Waals surface area contributed by atoms with Gasteiger partial charge in [0.25, 0.3) is 10.0 Å². The number of sulfonamides is 1. The number of rotatable bonds is 3. The van der Waals surface area contributed by atoms with Crippen molar-refractivity contribution in [1.82, 2.24) is 15.0 Å². The van der Waals surface area contributed by atoms with E-state index < -0.39 is 10.0 Å². The van der Waals surface area contributed by atoms with E-state index in [4.69, 9.17) is 16.9 Å². The lowest BCUT2D eigenvalue weighted by molar-refractivity contribution is 0.600. The van der Waals surface area contributed by atoms with Crippen LogP contribution in [0.4, 0.5) is 5.82 Å². The molecule has 0 amide bonds. The Hall–Kier alpha value is -2.24. The molecule has 0 unspecified atom stereocenters. The van der Waals surface area contributed by atoms with Crippen molar-refractivity contribution in [3.05, 3.63) is 41.6 Å². The van der Waals surface area contributed by atoms with Crippen molar-refractivity contribution >= 4 is 27.4 Å². The number of pyridine rings is 1. The van der Waals surface area contributed by atoms with Gasteiger partial charge in [-0.1, -0.05) is 11.6 Å². The van der Waals surface area contributed by atoms with Crippen LogP contribution in [-0.2, 0) is 10.0 Å². The van der Waals surface area contributed by atoms with E-state index in [2.05, 4.69) is 19.7 Å². The van der Waals surface area contributed by atoms with Crippen LogP contribution < -0.4 is 4.72 Å². The summed E-state index contributed by atoms with van der Waals surface area (Å²) in [6.45, 7) is 0. The van der Waals surface area contributed by atoms with E-state index in [1.54, 1.807) is 6.07 Å². The number of halogens is 1. The third kappa shape index (κ3) is 2.96. The number of nitriles is 1. The Balaban J connectivity index is 2.33. The number of hydrogen-bond acceptors (Lipinski definition) is 6. The van der Waals surface area contributed by atoms with E-state index in [9.17, 15) is 8.42 Å². The van der Waals surface area contributed by atoms with Crippen LogP contribution in [0, 0.1) is 11.3 Å². The van der Waals surface area contributed by atoms with Crippen molar-refractivity contribution in [2.75, 3.05) is 4.72 Å². The van der Waals surface area contributed by atoms with Gasteiger partial charge in [0.05, 0.1) is 0 Å². The van der Waals surface area contributed by atoms with Crippen LogP contribution in [0.15, 0.2) is 35.6 Å². The molecule has 1 N–H and O–H groups in total. The average molecular weight is 296 g/mol. The highest BCUT2D eigenvalue weighted by atomic mass is 35.5. The van der Waals surface area contributed by atoms with Crippen molar-refractivity contribution in [2.45, 2.75) is 4.90 Å². The van der Waals surface area contributed by atoms with Gasteiger partial charge >= 0.3 is 0 Å². The summed E-state index contributed by atoms with van der Waals surface area (Å²) in [5, 5.41) is 8.53. The summed E-state index contributed by atoms with van der Waals surface area (Å²) in [4.78, 5) is 11.0. The Labute approximate surface area is 114 Å². The molecule has 2 heterocycles. The Morgan fingerprint density at radius 2 is 1.95 bits per heavy atom. The number of hydrogen-bond donors (Lipinski definition) is 1. The molecule has 0 spiro atoms. The van der Waals surface area contributed by atoms with Crippen LogP contribution in [-0.4, -0.2) is 23.4 Å². The third-order valence-corrected chi connectivity index (χ3v) is 3.65. The Bertz CT molecular complexity index is 739. The topological polar surface area (TPSA) is 109 Å². The molecule has 2 aromatic heterocycles. The van der Waals surface area contributed by atoms with Crippen LogP contribution in [0.3, 0.4) is 0 Å². The summed E-state index contributed by atoms with van der Waals surface area (Å²) in [7, 11) is -3.87. The molecule has 2 aromatic rings. The van der Waals surface area contributed by atoms with E-state index in [1.165, 1.54) is 24.5 Å². The maximum Gasteiger partial charge on any atom is 0.264 e. The summed E-state index contributed by atoms with van der Waals surface area (Å²) in [6, 6.07) is 4.36. The molecule has 0 bridgehead atoms. The van der Waals surface area contributed by atoms with Gasteiger partial charge in [0.1, 0.15) is 16.7 Å². The second-order valence-electron chi connectivity index (χ2n) is 3.29. The molecular weight excluding hydrogens is 290 g/mol. The van der Waals surface area contributed by atoms with Gasteiger partial charge in [0, 0.05) is 18.6 Å². The molecule has 0 radical (unpaired) electrons. The second kappa shape index (κ2) is 5.17. The highest BCUT2D eigenvalue weighted by molar-refractivity contribution is 7.92. The SMILES string of the molecule is N#Cc1ccc(S(=O)(=O)Nc2nccnc2Cl)cn1. The molecular formula is C10H6ClN5O2S. The van der Waals surface area contributed by atoms with Crippen molar-refractivity contribution in [3.8, 4) is 6.07 Å². The maximum atomic E-state index is 12.0. The lowest BCUT2D eigenvalue weighted by Crippen LogP contribution is -2.14. The smallest absolute Gasteiger partial charge is 0.261 e. The van der Waals surface area contributed by atoms with Crippen LogP contribution in [0.1, 0.15) is 5.69 Å². The second-order valence-corrected chi connectivity index (χ2v) is 5.33. The van der Waals surface area contributed by atoms with E-state index >= 15 is 0 Å². The molecule has 0 aromatic carbocycles. The van der Waals surface area contributed by atoms with Gasteiger partial charge in [-0.15, -0.1) is 0 Å². The van der Waals surface area contributed by atoms with Gasteiger partial charge in [0.15, 0.2) is 11.0 Å². The van der Waals surface area contributed by atoms with Gasteiger partial charge in [-0.2, -0.15) is 5.26 Å². The van der Waals surface area contributed by atoms with E-state index in [-0.39, 0.29) is 21.6 Å². The summed E-state index contributed by atoms with van der Waals surface area (Å²) < 4.78 is 26.2. The zero-order valence-corrected chi connectivity index (χ0v) is 10.9. The standard InChI is InChI=1S/C10H6ClN5O2S/c11-9-10(14-4-3-13-9)16-19(17,18)8-2-1-7(5-12)15-6-8/h1-4,6H,(H,14,16). The molecule has 0 aliphatic rings. The quantitative estimate of drug-likeness (QED) is 0.911. The third-order valence-electron chi connectivity index (χ3n) is 2.05. The Morgan fingerprint density at radius 3 is 2.53 bits per heavy atom. The molecule has 0 saturated carbocycles. The predicted molar refractivity (Wildman–Crippen MR) is 66.8 cm³/mol. The minimum atomic E-state index is -3.87. The van der Waals surface area contributed by atoms with E-state index in [0.29, 0.717) is 0 Å². The fourth-order valence-corrected chi connectivity index (χ4v) is 2.35. The molecule has 2 rings (SSSR count). The van der Waals surface area contributed by atoms with Gasteiger partial charge in [0.2, 0.25) is 0 Å². The van der Waals surface area contributed by atoms with Gasteiger partial charge in [-0.3, -0.25) is 4.72 Å². The van der Waals surface area contributed by atoms with Crippen molar-refractivity contribution in [3.63, 3.8) is 0 Å². The van der Waals surface area contributed by atoms with E-state index in [0.717, 1.165) is 6.20 Å². The van der Waals surface area contributed by atoms with Crippen LogP contribution >= 0.6 is 11.6 Å². The summed E-state index contributed by atoms with van der Waals surface area (Å²) in [5.74, 6) is -0.0754. The van der Waals surface area contributed by atoms with Crippen molar-refractivity contribution < 1.29 is 8.42 Å². The lowest BCUT2D eigenvalue weighted by Gasteiger charge is -2.07. The highest BCUT2D eigenvalue weighted by Crippen LogP contribution is 2.19. The highest BCUT2D eigenvalue weighted by Gasteiger charge is 2.17. The molecule has 0 saturated heterocycles. The summed E-state index contributed by atoms with van der Waals surface area (Å²) >= 11 is 5.71. The van der Waals surface area contributed by atoms with Gasteiger partial charge in [-0.05, 0) is 12.1 Å². The first-order valence-corrected chi connectivity index (χ1v) is 6.74. The van der Waals surface area contributed by atoms with Gasteiger partial charge < -0.3 is 0 Å². The van der Waals surface area contributed by atoms with Crippen LogP contribution in [0.2, 0.25) is 5.15 Å². The number of nitrogens with one attached hydrogen (secondary N) is 1. The first-order valence-electron chi connectivity index (χ1n) is 4.88. The zero-order valence-electron chi connectivity index (χ0n) is 9.28.